The van der Waals surface area contributed by atoms with Crippen LogP contribution in [0.2, 0.25) is 0 Å². The average molecular weight is 362 g/mol. The minimum absolute atomic E-state index is 0.108. The lowest BCUT2D eigenvalue weighted by molar-refractivity contribution is 0.110. The Morgan fingerprint density at radius 2 is 1.92 bits per heavy atom. The molecule has 2 N–H and O–H groups in total. The molecule has 1 saturated heterocycles. The molecule has 144 valence electrons. The number of hydrogen-bond acceptors (Lipinski definition) is 4. The fraction of sp³-hybridized carbons (Fsp3) is 0.579. The molecule has 26 heavy (non-hydrogen) atoms. The van der Waals surface area contributed by atoms with Crippen molar-refractivity contribution in [2.24, 2.45) is 0 Å². The second-order valence-corrected chi connectivity index (χ2v) is 6.71. The van der Waals surface area contributed by atoms with Gasteiger partial charge in [0.25, 0.3) is 0 Å². The van der Waals surface area contributed by atoms with Gasteiger partial charge >= 0.3 is 12.1 Å². The third kappa shape index (κ3) is 6.92. The summed E-state index contributed by atoms with van der Waals surface area (Å²) in [6.07, 6.45) is 2.11. The number of carbonyl (C=O) groups excluding carboxylic acids is 2. The average Bonchev–Trinajstić information content (AvgIpc) is 2.66. The van der Waals surface area contributed by atoms with Crippen LogP contribution in [0.1, 0.15) is 24.8 Å². The third-order valence-corrected chi connectivity index (χ3v) is 4.56. The number of urea groups is 1. The molecule has 1 fully saturated rings. The van der Waals surface area contributed by atoms with E-state index in [0.717, 1.165) is 32.4 Å². The summed E-state index contributed by atoms with van der Waals surface area (Å²) in [6.45, 7) is 3.70. The van der Waals surface area contributed by atoms with Gasteiger partial charge in [-0.15, -0.1) is 0 Å². The molecule has 0 aromatic heterocycles. The van der Waals surface area contributed by atoms with E-state index in [2.05, 4.69) is 34.7 Å². The number of nitrogens with one attached hydrogen (secondary N) is 2. The molecule has 0 atom stereocenters. The van der Waals surface area contributed by atoms with E-state index in [9.17, 15) is 9.59 Å². The van der Waals surface area contributed by atoms with Crippen molar-refractivity contribution in [1.29, 1.82) is 0 Å². The fourth-order valence-electron chi connectivity index (χ4n) is 3.10. The smallest absolute Gasteiger partial charge is 0.409 e. The highest BCUT2D eigenvalue weighted by atomic mass is 16.5. The summed E-state index contributed by atoms with van der Waals surface area (Å²) in [5.74, 6) is 0. The first-order chi connectivity index (χ1) is 12.6. The Bertz CT molecular complexity index is 559. The van der Waals surface area contributed by atoms with Gasteiger partial charge in [-0.2, -0.15) is 0 Å². The summed E-state index contributed by atoms with van der Waals surface area (Å²) in [5, 5.41) is 5.89. The van der Waals surface area contributed by atoms with Crippen LogP contribution in [0.5, 0.6) is 0 Å². The van der Waals surface area contributed by atoms with E-state index in [4.69, 9.17) is 4.74 Å². The maximum Gasteiger partial charge on any atom is 0.409 e. The number of nitrogens with zero attached hydrogens (tertiary/aromatic N) is 2. The van der Waals surface area contributed by atoms with Crippen LogP contribution < -0.4 is 10.6 Å². The van der Waals surface area contributed by atoms with Crippen molar-refractivity contribution in [2.45, 2.75) is 31.8 Å². The molecule has 2 rings (SSSR count). The van der Waals surface area contributed by atoms with Crippen LogP contribution in [0.3, 0.4) is 0 Å². The first kappa shape index (κ1) is 20.0. The van der Waals surface area contributed by atoms with Crippen LogP contribution in [0.15, 0.2) is 30.3 Å². The van der Waals surface area contributed by atoms with E-state index in [1.54, 1.807) is 4.90 Å². The van der Waals surface area contributed by atoms with Crippen LogP contribution in [-0.4, -0.2) is 68.3 Å². The topological polar surface area (TPSA) is 73.9 Å². The highest BCUT2D eigenvalue weighted by Gasteiger charge is 2.23. The van der Waals surface area contributed by atoms with Crippen molar-refractivity contribution in [3.8, 4) is 0 Å². The summed E-state index contributed by atoms with van der Waals surface area (Å²) in [6, 6.07) is 10.3. The molecule has 0 spiro atoms. The zero-order valence-corrected chi connectivity index (χ0v) is 15.7. The quantitative estimate of drug-likeness (QED) is 0.728. The second-order valence-electron chi connectivity index (χ2n) is 6.71. The predicted octanol–water partition coefficient (Wildman–Crippen LogP) is 2.04. The zero-order valence-electron chi connectivity index (χ0n) is 15.7. The van der Waals surface area contributed by atoms with Gasteiger partial charge in [-0.1, -0.05) is 30.3 Å². The largest absolute Gasteiger partial charge is 0.453 e. The molecular weight excluding hydrogens is 332 g/mol. The van der Waals surface area contributed by atoms with Gasteiger partial charge in [-0.05, 0) is 38.4 Å². The second kappa shape index (κ2) is 10.7. The Labute approximate surface area is 155 Å². The molecular formula is C19H30N4O3. The minimum atomic E-state index is -0.299. The van der Waals surface area contributed by atoms with E-state index in [-0.39, 0.29) is 18.2 Å². The van der Waals surface area contributed by atoms with E-state index in [1.807, 2.05) is 18.2 Å². The van der Waals surface area contributed by atoms with E-state index in [0.29, 0.717) is 19.6 Å². The highest BCUT2D eigenvalue weighted by molar-refractivity contribution is 5.74. The summed E-state index contributed by atoms with van der Waals surface area (Å²) in [4.78, 5) is 27.3. The fourth-order valence-corrected chi connectivity index (χ4v) is 3.10. The number of rotatable bonds is 7. The first-order valence-corrected chi connectivity index (χ1v) is 9.18. The number of hydrogen-bond donors (Lipinski definition) is 2. The van der Waals surface area contributed by atoms with Crippen LogP contribution in [0.4, 0.5) is 9.59 Å². The highest BCUT2D eigenvalue weighted by Crippen LogP contribution is 2.11. The molecule has 0 radical (unpaired) electrons. The Kier molecular flexibility index (Phi) is 8.21. The summed E-state index contributed by atoms with van der Waals surface area (Å²) in [5.41, 5.74) is 1.29. The summed E-state index contributed by atoms with van der Waals surface area (Å²) in [7, 11) is 3.47. The van der Waals surface area contributed by atoms with Crippen molar-refractivity contribution in [3.05, 3.63) is 35.9 Å². The number of ether oxygens (including phenoxy) is 1. The normalized spacial score (nSPS) is 15.0. The number of methoxy groups -OCH3 is 1. The van der Waals surface area contributed by atoms with Gasteiger partial charge in [0, 0.05) is 32.2 Å². The van der Waals surface area contributed by atoms with Gasteiger partial charge < -0.3 is 25.2 Å². The van der Waals surface area contributed by atoms with Gasteiger partial charge in [-0.3, -0.25) is 0 Å². The first-order valence-electron chi connectivity index (χ1n) is 9.18. The number of carbonyl (C=O) groups is 2. The summed E-state index contributed by atoms with van der Waals surface area (Å²) < 4.78 is 4.71. The number of likely N-dealkylation sites (tertiary alicyclic amines) is 1. The molecule has 0 saturated carbocycles. The van der Waals surface area contributed by atoms with E-state index >= 15 is 0 Å². The zero-order chi connectivity index (χ0) is 18.8. The number of benzene rings is 1. The Hall–Kier alpha value is -2.28. The molecule has 1 aromatic carbocycles. The van der Waals surface area contributed by atoms with Crippen LogP contribution in [-0.2, 0) is 11.3 Å². The molecule has 1 aliphatic heterocycles. The Balaban J connectivity index is 1.54. The number of piperidine rings is 1. The predicted molar refractivity (Wildman–Crippen MR) is 101 cm³/mol. The SMILES string of the molecule is COC(=O)N1CCC(NC(=O)NCCCN(C)Cc2ccccc2)CC1. The molecule has 0 unspecified atom stereocenters. The van der Waals surface area contributed by atoms with Gasteiger partial charge in [-0.25, -0.2) is 9.59 Å². The summed E-state index contributed by atoms with van der Waals surface area (Å²) >= 11 is 0. The van der Waals surface area contributed by atoms with Crippen molar-refractivity contribution in [1.82, 2.24) is 20.4 Å². The molecule has 0 bridgehead atoms. The molecule has 1 heterocycles. The van der Waals surface area contributed by atoms with E-state index in [1.165, 1.54) is 12.7 Å². The molecule has 1 aliphatic rings. The standard InChI is InChI=1S/C19H30N4O3/c1-22(15-16-7-4-3-5-8-16)12-6-11-20-18(24)21-17-9-13-23(14-10-17)19(25)26-2/h3-5,7-8,17H,6,9-15H2,1-2H3,(H2,20,21,24). The van der Waals surface area contributed by atoms with Gasteiger partial charge in [0.15, 0.2) is 0 Å². The van der Waals surface area contributed by atoms with Crippen LogP contribution >= 0.6 is 0 Å². The lowest BCUT2D eigenvalue weighted by atomic mass is 10.1. The van der Waals surface area contributed by atoms with Crippen LogP contribution in [0.25, 0.3) is 0 Å². The molecule has 1 aromatic rings. The Morgan fingerprint density at radius 1 is 1.23 bits per heavy atom. The van der Waals surface area contributed by atoms with Crippen molar-refractivity contribution < 1.29 is 14.3 Å². The lowest BCUT2D eigenvalue weighted by Crippen LogP contribution is -2.49. The van der Waals surface area contributed by atoms with Gasteiger partial charge in [0.2, 0.25) is 0 Å². The maximum absolute atomic E-state index is 12.0. The molecule has 0 aliphatic carbocycles. The van der Waals surface area contributed by atoms with E-state index < -0.39 is 0 Å². The van der Waals surface area contributed by atoms with Gasteiger partial charge in [0.05, 0.1) is 7.11 Å². The number of amides is 3. The molecule has 7 nitrogen and oxygen atoms in total. The Morgan fingerprint density at radius 3 is 2.58 bits per heavy atom. The minimum Gasteiger partial charge on any atom is -0.453 e. The lowest BCUT2D eigenvalue weighted by Gasteiger charge is -2.31. The monoisotopic (exact) mass is 362 g/mol. The van der Waals surface area contributed by atoms with Gasteiger partial charge in [0.1, 0.15) is 0 Å². The van der Waals surface area contributed by atoms with Crippen molar-refractivity contribution in [2.75, 3.05) is 40.3 Å². The third-order valence-electron chi connectivity index (χ3n) is 4.56. The van der Waals surface area contributed by atoms with Crippen molar-refractivity contribution in [3.63, 3.8) is 0 Å². The molecule has 7 heteroatoms. The molecule has 3 amide bonds. The van der Waals surface area contributed by atoms with Crippen LogP contribution in [0, 0.1) is 0 Å². The van der Waals surface area contributed by atoms with Crippen molar-refractivity contribution >= 4 is 12.1 Å². The maximum atomic E-state index is 12.0.